The molecule has 2 aliphatic rings. The fourth-order valence-electron chi connectivity index (χ4n) is 4.67. The zero-order valence-electron chi connectivity index (χ0n) is 19.6. The van der Waals surface area contributed by atoms with Gasteiger partial charge in [0.25, 0.3) is 0 Å². The number of nitrogens with one attached hydrogen (secondary N) is 1. The number of carbonyl (C=O) groups is 2. The number of nitrogens with zero attached hydrogens (tertiary/aromatic N) is 2. The van der Waals surface area contributed by atoms with E-state index in [9.17, 15) is 9.59 Å². The number of anilines is 1. The van der Waals surface area contributed by atoms with E-state index in [0.717, 1.165) is 36.3 Å². The van der Waals surface area contributed by atoms with Gasteiger partial charge in [-0.25, -0.2) is 4.79 Å². The predicted octanol–water partition coefficient (Wildman–Crippen LogP) is 5.46. The van der Waals surface area contributed by atoms with Gasteiger partial charge < -0.3 is 10.1 Å². The number of fused-ring (bicyclic) bond motifs is 1. The summed E-state index contributed by atoms with van der Waals surface area (Å²) in [6.07, 6.45) is 5.54. The Balaban J connectivity index is 1.54. The third-order valence-electron chi connectivity index (χ3n) is 6.30. The van der Waals surface area contributed by atoms with E-state index in [1.807, 2.05) is 18.2 Å². The summed E-state index contributed by atoms with van der Waals surface area (Å²) in [6.45, 7) is 7.51. The molecule has 0 bridgehead atoms. The van der Waals surface area contributed by atoms with Crippen molar-refractivity contribution in [2.24, 2.45) is 4.99 Å². The molecule has 6 heteroatoms. The number of carbonyl (C=O) groups excluding carboxylic acids is 2. The molecule has 6 nitrogen and oxygen atoms in total. The van der Waals surface area contributed by atoms with Gasteiger partial charge in [0.15, 0.2) is 0 Å². The molecule has 1 fully saturated rings. The average molecular weight is 448 g/mol. The Morgan fingerprint density at radius 2 is 1.85 bits per heavy atom. The van der Waals surface area contributed by atoms with Crippen molar-refractivity contribution in [3.63, 3.8) is 0 Å². The summed E-state index contributed by atoms with van der Waals surface area (Å²) >= 11 is 0. The fraction of sp³-hybridized carbons (Fsp3) is 0.444. The van der Waals surface area contributed by atoms with Gasteiger partial charge in [-0.3, -0.25) is 14.7 Å². The molecular formula is C27H33N3O3. The molecule has 0 radical (unpaired) electrons. The van der Waals surface area contributed by atoms with Crippen LogP contribution in [0.5, 0.6) is 0 Å². The van der Waals surface area contributed by atoms with E-state index in [4.69, 9.17) is 9.73 Å². The molecule has 1 N–H and O–H groups in total. The molecule has 2 heterocycles. The molecule has 2 aliphatic heterocycles. The van der Waals surface area contributed by atoms with Crippen LogP contribution in [0.3, 0.4) is 0 Å². The third-order valence-corrected chi connectivity index (χ3v) is 6.30. The van der Waals surface area contributed by atoms with Gasteiger partial charge in [0, 0.05) is 17.9 Å². The monoisotopic (exact) mass is 447 g/mol. The van der Waals surface area contributed by atoms with Crippen molar-refractivity contribution in [3.8, 4) is 0 Å². The van der Waals surface area contributed by atoms with Crippen molar-refractivity contribution in [1.82, 2.24) is 4.90 Å². The van der Waals surface area contributed by atoms with Gasteiger partial charge in [-0.05, 0) is 74.7 Å². The Bertz CT molecular complexity index is 1020. The average Bonchev–Trinajstić information content (AvgIpc) is 3.15. The van der Waals surface area contributed by atoms with E-state index in [-0.39, 0.29) is 11.9 Å². The Morgan fingerprint density at radius 3 is 2.55 bits per heavy atom. The molecule has 0 aliphatic carbocycles. The van der Waals surface area contributed by atoms with Crippen LogP contribution in [0.15, 0.2) is 47.5 Å². The standard InChI is InChI=1S/C27H33N3O3/c1-3-8-23(28-21-12-9-19(10-13-21)18-30-15-6-5-7-16-30)25-22-14-11-20(27(32)33-4-2)17-24(22)29-26(25)31/h9-14,17,25H,3-8,15-16,18H2,1-2H3,(H,29,31). The van der Waals surface area contributed by atoms with Crippen molar-refractivity contribution in [2.45, 2.75) is 58.4 Å². The van der Waals surface area contributed by atoms with E-state index in [2.05, 4.69) is 29.3 Å². The van der Waals surface area contributed by atoms with Crippen LogP contribution in [0.2, 0.25) is 0 Å². The van der Waals surface area contributed by atoms with Crippen LogP contribution < -0.4 is 5.32 Å². The first-order valence-electron chi connectivity index (χ1n) is 12.1. The van der Waals surface area contributed by atoms with Crippen LogP contribution in [-0.2, 0) is 16.1 Å². The molecule has 1 amide bonds. The van der Waals surface area contributed by atoms with Gasteiger partial charge in [0.1, 0.15) is 5.92 Å². The molecular weight excluding hydrogens is 414 g/mol. The number of esters is 1. The third kappa shape index (κ3) is 5.50. The maximum atomic E-state index is 12.9. The number of piperidine rings is 1. The van der Waals surface area contributed by atoms with Crippen molar-refractivity contribution in [2.75, 3.05) is 25.0 Å². The van der Waals surface area contributed by atoms with Gasteiger partial charge >= 0.3 is 5.97 Å². The van der Waals surface area contributed by atoms with Crippen LogP contribution in [0.25, 0.3) is 0 Å². The number of rotatable bonds is 8. The van der Waals surface area contributed by atoms with Gasteiger partial charge in [0.05, 0.1) is 17.9 Å². The molecule has 1 saturated heterocycles. The topological polar surface area (TPSA) is 71.0 Å². The first-order chi connectivity index (χ1) is 16.1. The molecule has 1 unspecified atom stereocenters. The number of ether oxygens (including phenoxy) is 1. The summed E-state index contributed by atoms with van der Waals surface area (Å²) in [4.78, 5) is 32.4. The summed E-state index contributed by atoms with van der Waals surface area (Å²) in [5.41, 5.74) is 4.98. The fourth-order valence-corrected chi connectivity index (χ4v) is 4.67. The Morgan fingerprint density at radius 1 is 1.09 bits per heavy atom. The van der Waals surface area contributed by atoms with Gasteiger partial charge in [-0.15, -0.1) is 0 Å². The number of amides is 1. The maximum Gasteiger partial charge on any atom is 0.338 e. The second-order valence-corrected chi connectivity index (χ2v) is 8.80. The molecule has 4 rings (SSSR count). The first kappa shape index (κ1) is 23.2. The Hall–Kier alpha value is -2.99. The minimum absolute atomic E-state index is 0.0973. The lowest BCUT2D eigenvalue weighted by molar-refractivity contribution is -0.115. The Labute approximate surface area is 196 Å². The second kappa shape index (κ2) is 10.8. The van der Waals surface area contributed by atoms with E-state index >= 15 is 0 Å². The van der Waals surface area contributed by atoms with Gasteiger partial charge in [-0.2, -0.15) is 0 Å². The molecule has 174 valence electrons. The van der Waals surface area contributed by atoms with E-state index < -0.39 is 5.92 Å². The molecule has 1 atom stereocenters. The summed E-state index contributed by atoms with van der Waals surface area (Å²) in [7, 11) is 0. The van der Waals surface area contributed by atoms with E-state index in [0.29, 0.717) is 17.9 Å². The number of hydrogen-bond acceptors (Lipinski definition) is 5. The lowest BCUT2D eigenvalue weighted by Crippen LogP contribution is -2.28. The van der Waals surface area contributed by atoms with Gasteiger partial charge in [-0.1, -0.05) is 38.0 Å². The normalized spacial score (nSPS) is 18.7. The summed E-state index contributed by atoms with van der Waals surface area (Å²) < 4.78 is 5.09. The lowest BCUT2D eigenvalue weighted by Gasteiger charge is -2.26. The molecule has 2 aromatic carbocycles. The highest BCUT2D eigenvalue weighted by atomic mass is 16.5. The zero-order valence-corrected chi connectivity index (χ0v) is 19.6. The maximum absolute atomic E-state index is 12.9. The summed E-state index contributed by atoms with van der Waals surface area (Å²) in [6, 6.07) is 13.7. The lowest BCUT2D eigenvalue weighted by atomic mass is 9.92. The minimum atomic E-state index is -0.441. The smallest absolute Gasteiger partial charge is 0.338 e. The second-order valence-electron chi connectivity index (χ2n) is 8.80. The largest absolute Gasteiger partial charge is 0.462 e. The summed E-state index contributed by atoms with van der Waals surface area (Å²) in [5, 5.41) is 2.93. The molecule has 0 aromatic heterocycles. The highest BCUT2D eigenvalue weighted by Crippen LogP contribution is 2.36. The van der Waals surface area contributed by atoms with Crippen LogP contribution >= 0.6 is 0 Å². The minimum Gasteiger partial charge on any atom is -0.462 e. The number of aliphatic imine (C=N–C) groups is 1. The highest BCUT2D eigenvalue weighted by molar-refractivity contribution is 6.19. The van der Waals surface area contributed by atoms with Crippen LogP contribution in [0.4, 0.5) is 11.4 Å². The number of likely N-dealkylation sites (tertiary alicyclic amines) is 1. The van der Waals surface area contributed by atoms with Crippen LogP contribution in [0.1, 0.15) is 73.4 Å². The summed E-state index contributed by atoms with van der Waals surface area (Å²) in [5.74, 6) is -0.922. The van der Waals surface area contributed by atoms with Gasteiger partial charge in [0.2, 0.25) is 5.91 Å². The highest BCUT2D eigenvalue weighted by Gasteiger charge is 2.34. The van der Waals surface area contributed by atoms with Crippen molar-refractivity contribution >= 4 is 29.0 Å². The zero-order chi connectivity index (χ0) is 23.2. The quantitative estimate of drug-likeness (QED) is 0.431. The predicted molar refractivity (Wildman–Crippen MR) is 131 cm³/mol. The number of benzene rings is 2. The molecule has 0 spiro atoms. The van der Waals surface area contributed by atoms with E-state index in [1.54, 1.807) is 19.1 Å². The van der Waals surface area contributed by atoms with Crippen molar-refractivity contribution < 1.29 is 14.3 Å². The number of hydrogen-bond donors (Lipinski definition) is 1. The van der Waals surface area contributed by atoms with Crippen molar-refractivity contribution in [1.29, 1.82) is 0 Å². The first-order valence-corrected chi connectivity index (χ1v) is 12.1. The van der Waals surface area contributed by atoms with Crippen LogP contribution in [0, 0.1) is 0 Å². The van der Waals surface area contributed by atoms with E-state index in [1.165, 1.54) is 37.9 Å². The molecule has 2 aromatic rings. The van der Waals surface area contributed by atoms with Crippen LogP contribution in [-0.4, -0.2) is 42.2 Å². The molecule has 0 saturated carbocycles. The van der Waals surface area contributed by atoms with Crippen molar-refractivity contribution in [3.05, 3.63) is 59.2 Å². The SMILES string of the molecule is CCCC(=Nc1ccc(CN2CCCCC2)cc1)C1C(=O)Nc2cc(C(=O)OCC)ccc21. The molecule has 33 heavy (non-hydrogen) atoms. The Kier molecular flexibility index (Phi) is 7.55.